The lowest BCUT2D eigenvalue weighted by Crippen LogP contribution is -2.43. The molecule has 2 heterocycles. The number of hydrogen-bond donors (Lipinski definition) is 1. The van der Waals surface area contributed by atoms with E-state index < -0.39 is 6.10 Å². The number of azo groups is 1. The molecule has 0 amide bonds. The third-order valence-corrected chi connectivity index (χ3v) is 7.05. The highest BCUT2D eigenvalue weighted by Crippen LogP contribution is 2.29. The summed E-state index contributed by atoms with van der Waals surface area (Å²) < 4.78 is 8.94. The first-order valence-corrected chi connectivity index (χ1v) is 12.9. The summed E-state index contributed by atoms with van der Waals surface area (Å²) in [4.78, 5) is 14.8. The zero-order valence-corrected chi connectivity index (χ0v) is 22.0. The number of esters is 1. The van der Waals surface area contributed by atoms with Crippen LogP contribution in [0, 0.1) is 6.92 Å². The van der Waals surface area contributed by atoms with Crippen LogP contribution in [0.3, 0.4) is 0 Å². The highest BCUT2D eigenvalue weighted by atomic mass is 32.1. The zero-order chi connectivity index (χ0) is 26.2. The van der Waals surface area contributed by atoms with E-state index >= 15 is 0 Å². The first-order valence-electron chi connectivity index (χ1n) is 12.1. The van der Waals surface area contributed by atoms with Gasteiger partial charge in [0.1, 0.15) is 17.5 Å². The summed E-state index contributed by atoms with van der Waals surface area (Å²) >= 11 is 1.26. The summed E-state index contributed by atoms with van der Waals surface area (Å²) in [7, 11) is 1.85. The number of aromatic nitrogens is 2. The minimum absolute atomic E-state index is 0. The maximum absolute atomic E-state index is 12.2. The third-order valence-electron chi connectivity index (χ3n) is 5.85. The standard InChI is InChI=1S/C28H31N5O3S.CH4/c1-4-36-27(35)26-21(2)31(3)28(37-26)30-29-22-13-15-24(16-14-22)33(23-11-7-5-8-12-23)20-25(34)19-32-17-9-6-10-18-32;/h5-18,25,34H,4,19-20H2,1-3H3;1H4/q+2;. The molecule has 198 valence electrons. The third kappa shape index (κ3) is 7.08. The highest BCUT2D eigenvalue weighted by molar-refractivity contribution is 7.16. The number of rotatable bonds is 10. The summed E-state index contributed by atoms with van der Waals surface area (Å²) in [5, 5.41) is 20.2. The Bertz CT molecular complexity index is 1340. The van der Waals surface area contributed by atoms with Crippen molar-refractivity contribution < 1.29 is 23.8 Å². The van der Waals surface area contributed by atoms with E-state index in [-0.39, 0.29) is 13.4 Å². The van der Waals surface area contributed by atoms with Crippen molar-refractivity contribution >= 4 is 39.5 Å². The van der Waals surface area contributed by atoms with Gasteiger partial charge in [0.25, 0.3) is 0 Å². The topological polar surface area (TPSA) is 82.2 Å². The lowest BCUT2D eigenvalue weighted by Gasteiger charge is -2.26. The lowest BCUT2D eigenvalue weighted by atomic mass is 10.2. The van der Waals surface area contributed by atoms with Crippen molar-refractivity contribution in [2.24, 2.45) is 17.3 Å². The number of pyridine rings is 1. The van der Waals surface area contributed by atoms with Crippen LogP contribution in [0.15, 0.2) is 95.4 Å². The van der Waals surface area contributed by atoms with Gasteiger partial charge in [0.15, 0.2) is 23.8 Å². The molecule has 0 aliphatic heterocycles. The fourth-order valence-electron chi connectivity index (χ4n) is 3.84. The van der Waals surface area contributed by atoms with Gasteiger partial charge in [-0.1, -0.05) is 31.7 Å². The molecule has 38 heavy (non-hydrogen) atoms. The van der Waals surface area contributed by atoms with Crippen LogP contribution in [-0.4, -0.2) is 30.3 Å². The van der Waals surface area contributed by atoms with Gasteiger partial charge in [0.05, 0.1) is 25.3 Å². The molecule has 9 heteroatoms. The van der Waals surface area contributed by atoms with E-state index in [4.69, 9.17) is 4.74 Å². The van der Waals surface area contributed by atoms with Gasteiger partial charge in [0, 0.05) is 23.5 Å². The number of thiazole rings is 1. The fraction of sp³-hybridized carbons (Fsp3) is 0.276. The highest BCUT2D eigenvalue weighted by Gasteiger charge is 2.25. The molecule has 0 radical (unpaired) electrons. The van der Waals surface area contributed by atoms with Crippen molar-refractivity contribution in [3.8, 4) is 0 Å². The number of hydrogen-bond acceptors (Lipinski definition) is 7. The average molecular weight is 534 g/mol. The molecule has 2 aromatic heterocycles. The predicted octanol–water partition coefficient (Wildman–Crippen LogP) is 5.60. The van der Waals surface area contributed by atoms with E-state index in [1.807, 2.05) is 108 Å². The Balaban J connectivity index is 0.00000400. The Labute approximate surface area is 228 Å². The fourth-order valence-corrected chi connectivity index (χ4v) is 4.80. The van der Waals surface area contributed by atoms with Crippen LogP contribution in [0.1, 0.15) is 29.7 Å². The Morgan fingerprint density at radius 1 is 1.00 bits per heavy atom. The first-order chi connectivity index (χ1) is 18.0. The molecule has 0 spiro atoms. The average Bonchev–Trinajstić information content (AvgIpc) is 3.21. The SMILES string of the molecule is C.CCOC(=O)c1sc(N=Nc2ccc(N(CC(O)C[n+]3ccccc3)c3ccccc3)cc2)[n+](C)c1C. The molecular weight excluding hydrogens is 498 g/mol. The Morgan fingerprint density at radius 2 is 1.63 bits per heavy atom. The molecule has 4 rings (SSSR count). The Morgan fingerprint density at radius 3 is 2.29 bits per heavy atom. The van der Waals surface area contributed by atoms with E-state index in [1.165, 1.54) is 11.3 Å². The van der Waals surface area contributed by atoms with Crippen molar-refractivity contribution in [2.45, 2.75) is 33.9 Å². The summed E-state index contributed by atoms with van der Waals surface area (Å²) in [6, 6.07) is 23.5. The van der Waals surface area contributed by atoms with Crippen LogP contribution in [0.25, 0.3) is 0 Å². The Kier molecular flexibility index (Phi) is 10.2. The number of aliphatic hydroxyl groups is 1. The maximum Gasteiger partial charge on any atom is 0.409 e. The van der Waals surface area contributed by atoms with Crippen LogP contribution in [-0.2, 0) is 18.3 Å². The molecule has 4 aromatic rings. The monoisotopic (exact) mass is 533 g/mol. The minimum Gasteiger partial charge on any atom is -0.462 e. The molecule has 0 fully saturated rings. The molecule has 2 aromatic carbocycles. The van der Waals surface area contributed by atoms with Gasteiger partial charge in [-0.2, -0.15) is 0 Å². The van der Waals surface area contributed by atoms with E-state index in [1.54, 1.807) is 6.92 Å². The van der Waals surface area contributed by atoms with Crippen molar-refractivity contribution in [3.05, 3.63) is 95.8 Å². The summed E-state index contributed by atoms with van der Waals surface area (Å²) in [5.74, 6) is -0.347. The van der Waals surface area contributed by atoms with E-state index in [0.717, 1.165) is 17.1 Å². The van der Waals surface area contributed by atoms with E-state index in [2.05, 4.69) is 15.1 Å². The van der Waals surface area contributed by atoms with Crippen molar-refractivity contribution in [2.75, 3.05) is 18.1 Å². The number of anilines is 2. The van der Waals surface area contributed by atoms with Crippen molar-refractivity contribution in [1.82, 2.24) is 0 Å². The molecule has 0 saturated carbocycles. The van der Waals surface area contributed by atoms with Crippen molar-refractivity contribution in [1.29, 1.82) is 0 Å². The van der Waals surface area contributed by atoms with Crippen LogP contribution < -0.4 is 14.0 Å². The number of ether oxygens (including phenoxy) is 1. The number of aliphatic hydroxyl groups excluding tert-OH is 1. The normalized spacial score (nSPS) is 11.7. The van der Waals surface area contributed by atoms with Crippen LogP contribution >= 0.6 is 11.3 Å². The molecule has 0 aliphatic rings. The summed E-state index contributed by atoms with van der Waals surface area (Å²) in [6.07, 6.45) is 3.31. The van der Waals surface area contributed by atoms with Crippen LogP contribution in [0.2, 0.25) is 0 Å². The first kappa shape index (κ1) is 28.6. The van der Waals surface area contributed by atoms with Crippen LogP contribution in [0.5, 0.6) is 0 Å². The number of benzene rings is 2. The van der Waals surface area contributed by atoms with Gasteiger partial charge in [-0.15, -0.1) is 0 Å². The molecule has 1 atom stereocenters. The lowest BCUT2D eigenvalue weighted by molar-refractivity contribution is -0.703. The van der Waals surface area contributed by atoms with Gasteiger partial charge < -0.3 is 14.7 Å². The number of para-hydroxylation sites is 1. The molecule has 8 nitrogen and oxygen atoms in total. The largest absolute Gasteiger partial charge is 0.462 e. The van der Waals surface area contributed by atoms with Gasteiger partial charge in [-0.25, -0.2) is 13.9 Å². The van der Waals surface area contributed by atoms with Crippen molar-refractivity contribution in [3.63, 3.8) is 0 Å². The summed E-state index contributed by atoms with van der Waals surface area (Å²) in [5.41, 5.74) is 3.39. The maximum atomic E-state index is 12.2. The minimum atomic E-state index is -0.581. The zero-order valence-electron chi connectivity index (χ0n) is 21.2. The smallest absolute Gasteiger partial charge is 0.409 e. The quantitative estimate of drug-likeness (QED) is 0.164. The molecule has 1 N–H and O–H groups in total. The summed E-state index contributed by atoms with van der Waals surface area (Å²) in [6.45, 7) is 4.88. The van der Waals surface area contributed by atoms with E-state index in [9.17, 15) is 9.90 Å². The molecular formula is C29H35N5O3S+2. The van der Waals surface area contributed by atoms with Crippen LogP contribution in [0.4, 0.5) is 22.2 Å². The Hall–Kier alpha value is -3.95. The van der Waals surface area contributed by atoms with Gasteiger partial charge >= 0.3 is 11.1 Å². The number of nitrogens with zero attached hydrogens (tertiary/aromatic N) is 5. The van der Waals surface area contributed by atoms with Gasteiger partial charge in [0.2, 0.25) is 0 Å². The van der Waals surface area contributed by atoms with Gasteiger partial charge in [-0.05, 0) is 66.7 Å². The second kappa shape index (κ2) is 13.6. The number of carbonyl (C=O) groups excluding carboxylic acids is 1. The van der Waals surface area contributed by atoms with Gasteiger partial charge in [-0.3, -0.25) is 0 Å². The molecule has 0 saturated heterocycles. The van der Waals surface area contributed by atoms with E-state index in [0.29, 0.717) is 35.4 Å². The number of carbonyl (C=O) groups is 1. The predicted molar refractivity (Wildman–Crippen MR) is 150 cm³/mol. The second-order valence-corrected chi connectivity index (χ2v) is 9.44. The second-order valence-electron chi connectivity index (χ2n) is 8.47. The molecule has 1 unspecified atom stereocenters. The molecule has 0 aliphatic carbocycles. The molecule has 0 bridgehead atoms.